The second-order valence-corrected chi connectivity index (χ2v) is 71.2. The second kappa shape index (κ2) is 18.7. The molecule has 0 fully saturated rings. The Labute approximate surface area is 386 Å². The summed E-state index contributed by atoms with van der Waals surface area (Å²) in [5.41, 5.74) is 14.4. The summed E-state index contributed by atoms with van der Waals surface area (Å²) in [6.07, 6.45) is 0. The molecule has 0 bridgehead atoms. The second-order valence-electron chi connectivity index (χ2n) is 25.1. The van der Waals surface area contributed by atoms with Crippen molar-refractivity contribution in [1.82, 2.24) is 0 Å². The molecule has 0 heterocycles. The van der Waals surface area contributed by atoms with Gasteiger partial charge in [-0.3, -0.25) is 0 Å². The molecule has 4 aromatic carbocycles. The average molecular weight is 1110 g/mol. The van der Waals surface area contributed by atoms with Gasteiger partial charge in [0, 0.05) is 0 Å². The molecule has 8 heteroatoms. The van der Waals surface area contributed by atoms with Crippen LogP contribution in [0.3, 0.4) is 0 Å². The molecule has 0 aliphatic rings. The Bertz CT molecular complexity index is 1960. The number of hydrogen-bond donors (Lipinski definition) is 0. The van der Waals surface area contributed by atoms with Crippen molar-refractivity contribution in [3.05, 3.63) is 107 Å². The van der Waals surface area contributed by atoms with Crippen LogP contribution in [0.1, 0.15) is 82.8 Å². The standard InChI is InChI=1S/C27H59Si6.C24H25.Sn.Te/c1-28(2,3)25(29(4,5)6)22-19-23(26(30(7,8)9)31(10,11)12)21-24(20-22)27(32(13,14)15)33(16,17)18;1-17(2)21-12-5-7-14-23(21)19-10-9-11-20(16-19)24-15-8-6-13-22(24)18(3)4;;/h19-20,25-27H,1-18H3;5-15,17-18H,1-4H3;;. The van der Waals surface area contributed by atoms with E-state index in [4.69, 9.17) is 0 Å². The summed E-state index contributed by atoms with van der Waals surface area (Å²) in [6.45, 7) is 58.4. The van der Waals surface area contributed by atoms with E-state index in [-0.39, 0.29) is 0 Å². The minimum atomic E-state index is -2.83. The van der Waals surface area contributed by atoms with E-state index in [2.05, 4.69) is 242 Å². The maximum absolute atomic E-state index is 2.96. The summed E-state index contributed by atoms with van der Waals surface area (Å²) >= 11 is -0.0914. The average Bonchev–Trinajstić information content (AvgIpc) is 3.03. The van der Waals surface area contributed by atoms with Crippen LogP contribution in [0.4, 0.5) is 0 Å². The zero-order chi connectivity index (χ0) is 45.0. The van der Waals surface area contributed by atoms with Crippen LogP contribution >= 0.6 is 0 Å². The van der Waals surface area contributed by atoms with E-state index in [1.807, 2.05) is 14.7 Å². The molecule has 0 amide bonds. The van der Waals surface area contributed by atoms with Gasteiger partial charge >= 0.3 is 390 Å². The fraction of sp³-hybridized carbons (Fsp3) is 0.529. The molecule has 59 heavy (non-hydrogen) atoms. The van der Waals surface area contributed by atoms with Gasteiger partial charge in [-0.05, 0) is 0 Å². The molecule has 0 aliphatic carbocycles. The van der Waals surface area contributed by atoms with Gasteiger partial charge in [0.25, 0.3) is 0 Å². The van der Waals surface area contributed by atoms with Crippen molar-refractivity contribution in [2.45, 2.75) is 173 Å². The molecule has 0 aliphatic heterocycles. The van der Waals surface area contributed by atoms with Gasteiger partial charge in [0.15, 0.2) is 0 Å². The minimum absolute atomic E-state index is 0.451. The molecule has 4 rings (SSSR count). The molecule has 0 atom stereocenters. The summed E-state index contributed by atoms with van der Waals surface area (Å²) in [5, 5.41) is 2.10. The van der Waals surface area contributed by atoms with Gasteiger partial charge in [-0.25, -0.2) is 0 Å². The van der Waals surface area contributed by atoms with Crippen LogP contribution in [-0.4, -0.2) is 81.4 Å². The predicted molar refractivity (Wildman–Crippen MR) is 291 cm³/mol. The number of rotatable bonds is 15. The third-order valence-corrected chi connectivity index (χ3v) is 54.1. The van der Waals surface area contributed by atoms with E-state index in [9.17, 15) is 0 Å². The Morgan fingerprint density at radius 2 is 0.644 bits per heavy atom. The van der Waals surface area contributed by atoms with Crippen LogP contribution in [0, 0.1) is 0 Å². The van der Waals surface area contributed by atoms with Crippen molar-refractivity contribution in [1.29, 1.82) is 0 Å². The summed E-state index contributed by atoms with van der Waals surface area (Å²) in [4.78, 5) is 0. The Morgan fingerprint density at radius 1 is 0.356 bits per heavy atom. The monoisotopic (exact) mass is 1110 g/mol. The van der Waals surface area contributed by atoms with E-state index >= 15 is 0 Å². The number of hydrogen-bond acceptors (Lipinski definition) is 0. The third kappa shape index (κ3) is 11.7. The third-order valence-electron chi connectivity index (χ3n) is 12.6. The van der Waals surface area contributed by atoms with E-state index in [0.29, 0.717) is 22.2 Å². The van der Waals surface area contributed by atoms with Crippen molar-refractivity contribution in [3.8, 4) is 22.3 Å². The predicted octanol–water partition coefficient (Wildman–Crippen LogP) is 15.1. The van der Waals surface area contributed by atoms with Crippen molar-refractivity contribution in [3.63, 3.8) is 0 Å². The van der Waals surface area contributed by atoms with Crippen LogP contribution in [-0.2, 0) is 0 Å². The molecule has 322 valence electrons. The molecule has 0 nitrogen and oxygen atoms in total. The fourth-order valence-corrected chi connectivity index (χ4v) is 66.8. The van der Waals surface area contributed by atoms with Crippen molar-refractivity contribution >= 4 is 88.6 Å². The molecule has 0 radical (unpaired) electrons. The first-order valence-corrected chi connectivity index (χ1v) is 56.0. The molecular formula is C51H84Si6SnTe. The van der Waals surface area contributed by atoms with E-state index in [1.165, 1.54) is 33.4 Å². The van der Waals surface area contributed by atoms with Gasteiger partial charge in [-0.2, -0.15) is 0 Å². The molecular weight excluding hydrogens is 1030 g/mol. The molecule has 0 saturated carbocycles. The molecule has 0 N–H and O–H groups in total. The summed E-state index contributed by atoms with van der Waals surface area (Å²) < 4.78 is 3.66. The maximum atomic E-state index is 2.96. The van der Waals surface area contributed by atoms with Crippen molar-refractivity contribution < 1.29 is 0 Å². The van der Waals surface area contributed by atoms with Crippen LogP contribution < -0.4 is 7.16 Å². The summed E-state index contributed by atoms with van der Waals surface area (Å²) in [7, 11) is -9.99. The molecule has 4 aromatic rings. The van der Waals surface area contributed by atoms with Crippen molar-refractivity contribution in [2.75, 3.05) is 0 Å². The Kier molecular flexibility index (Phi) is 16.3. The zero-order valence-electron chi connectivity index (χ0n) is 41.8. The first kappa shape index (κ1) is 51.4. The summed E-state index contributed by atoms with van der Waals surface area (Å²) in [6, 6.07) is 32.3. The summed E-state index contributed by atoms with van der Waals surface area (Å²) in [5.74, 6) is 0.902. The normalized spacial score (nSPS) is 13.7. The molecule has 0 unspecified atom stereocenters. The van der Waals surface area contributed by atoms with Gasteiger partial charge in [0.2, 0.25) is 0 Å². The van der Waals surface area contributed by atoms with Gasteiger partial charge in [-0.15, -0.1) is 0 Å². The molecule has 0 spiro atoms. The van der Waals surface area contributed by atoms with Gasteiger partial charge in [-0.1, -0.05) is 0 Å². The molecule has 0 aromatic heterocycles. The Balaban J connectivity index is 2.46. The Morgan fingerprint density at radius 3 is 0.932 bits per heavy atom. The van der Waals surface area contributed by atoms with Gasteiger partial charge < -0.3 is 0 Å². The van der Waals surface area contributed by atoms with E-state index < -0.39 is 63.7 Å². The van der Waals surface area contributed by atoms with Gasteiger partial charge in [0.05, 0.1) is 0 Å². The zero-order valence-corrected chi connectivity index (χ0v) is 53.0. The van der Waals surface area contributed by atoms with Crippen LogP contribution in [0.15, 0.2) is 78.9 Å². The SMILES string of the molecule is CC(C)c1ccccc1-c1cccc(-c2ccccc2C(C)C)[c]1[Sn](=[Te])[c]1c(C([Si](C)(C)C)[Si](C)(C)C)cc(C([Si](C)(C)C)[Si](C)(C)C)cc1C([Si](C)(C)C)[Si](C)(C)C. The Hall–Kier alpha value is -0.230. The van der Waals surface area contributed by atoms with Crippen molar-refractivity contribution in [2.24, 2.45) is 0 Å². The van der Waals surface area contributed by atoms with Crippen LogP contribution in [0.25, 0.3) is 22.3 Å². The molecule has 0 saturated heterocycles. The van der Waals surface area contributed by atoms with E-state index in [1.54, 1.807) is 9.14 Å². The first-order chi connectivity index (χ1) is 26.7. The van der Waals surface area contributed by atoms with E-state index in [0.717, 1.165) is 5.16 Å². The number of benzene rings is 4. The van der Waals surface area contributed by atoms with Crippen LogP contribution in [0.5, 0.6) is 0 Å². The first-order valence-electron chi connectivity index (χ1n) is 22.7. The fourth-order valence-electron chi connectivity index (χ4n) is 12.2. The van der Waals surface area contributed by atoms with Crippen LogP contribution in [0.2, 0.25) is 118 Å². The quantitative estimate of drug-likeness (QED) is 0.104. The van der Waals surface area contributed by atoms with Gasteiger partial charge in [0.1, 0.15) is 0 Å². The topological polar surface area (TPSA) is 0 Å².